The van der Waals surface area contributed by atoms with Crippen molar-refractivity contribution in [3.63, 3.8) is 0 Å². The third-order valence-corrected chi connectivity index (χ3v) is 4.79. The molecule has 0 spiro atoms. The molecule has 0 radical (unpaired) electrons. The van der Waals surface area contributed by atoms with Crippen LogP contribution in [0.15, 0.2) is 42.7 Å². The Morgan fingerprint density at radius 3 is 2.83 bits per heavy atom. The van der Waals surface area contributed by atoms with Gasteiger partial charge in [-0.15, -0.1) is 6.42 Å². The van der Waals surface area contributed by atoms with E-state index < -0.39 is 0 Å². The summed E-state index contributed by atoms with van der Waals surface area (Å²) in [4.78, 5) is 23.1. The predicted molar refractivity (Wildman–Crippen MR) is 115 cm³/mol. The maximum atomic E-state index is 12.7. The van der Waals surface area contributed by atoms with Crippen LogP contribution in [0.5, 0.6) is 5.75 Å². The lowest BCUT2D eigenvalue weighted by Gasteiger charge is -2.27. The van der Waals surface area contributed by atoms with Crippen LogP contribution in [-0.4, -0.2) is 54.3 Å². The Morgan fingerprint density at radius 2 is 2.07 bits per heavy atom. The number of fused-ring (bicyclic) bond motifs is 1. The van der Waals surface area contributed by atoms with Crippen molar-refractivity contribution in [1.29, 1.82) is 0 Å². The quantitative estimate of drug-likeness (QED) is 0.651. The predicted octanol–water partition coefficient (Wildman–Crippen LogP) is 3.23. The number of morpholine rings is 1. The molecular formula is C22H21N5O3. The summed E-state index contributed by atoms with van der Waals surface area (Å²) in [6, 6.07) is 10.9. The molecule has 30 heavy (non-hydrogen) atoms. The first-order valence-electron chi connectivity index (χ1n) is 9.48. The Kier molecular flexibility index (Phi) is 5.63. The van der Waals surface area contributed by atoms with Crippen molar-refractivity contribution >= 4 is 34.1 Å². The van der Waals surface area contributed by atoms with Crippen molar-refractivity contribution in [1.82, 2.24) is 14.9 Å². The molecule has 0 atom stereocenters. The van der Waals surface area contributed by atoms with E-state index in [0.29, 0.717) is 49.1 Å². The third kappa shape index (κ3) is 4.11. The molecule has 0 unspecified atom stereocenters. The molecule has 1 saturated heterocycles. The minimum Gasteiger partial charge on any atom is -0.494 e. The normalized spacial score (nSPS) is 13.5. The Hall–Kier alpha value is -3.83. The minimum atomic E-state index is -0.205. The van der Waals surface area contributed by atoms with Gasteiger partial charge in [0.15, 0.2) is 0 Å². The molecule has 1 aromatic heterocycles. The Labute approximate surface area is 174 Å². The molecule has 8 nitrogen and oxygen atoms in total. The summed E-state index contributed by atoms with van der Waals surface area (Å²) in [7, 11) is 1.55. The van der Waals surface area contributed by atoms with Crippen molar-refractivity contribution in [3.05, 3.63) is 48.3 Å². The Balaban J connectivity index is 1.68. The summed E-state index contributed by atoms with van der Waals surface area (Å²) in [5.41, 5.74) is 2.79. The van der Waals surface area contributed by atoms with E-state index in [0.717, 1.165) is 16.6 Å². The maximum Gasteiger partial charge on any atom is 0.322 e. The van der Waals surface area contributed by atoms with E-state index in [-0.39, 0.29) is 6.03 Å². The fraction of sp³-hybridized carbons (Fsp3) is 0.227. The van der Waals surface area contributed by atoms with E-state index in [1.165, 1.54) is 6.33 Å². The number of terminal acetylenes is 1. The van der Waals surface area contributed by atoms with Crippen molar-refractivity contribution in [3.8, 4) is 18.1 Å². The first-order chi connectivity index (χ1) is 14.7. The summed E-state index contributed by atoms with van der Waals surface area (Å²) in [5, 5.41) is 6.94. The number of hydrogen-bond donors (Lipinski definition) is 2. The smallest absolute Gasteiger partial charge is 0.322 e. The van der Waals surface area contributed by atoms with Gasteiger partial charge in [-0.3, -0.25) is 0 Å². The largest absolute Gasteiger partial charge is 0.494 e. The van der Waals surface area contributed by atoms with Gasteiger partial charge in [0.2, 0.25) is 0 Å². The van der Waals surface area contributed by atoms with Crippen molar-refractivity contribution in [2.24, 2.45) is 0 Å². The van der Waals surface area contributed by atoms with Crippen molar-refractivity contribution in [2.45, 2.75) is 0 Å². The number of carbonyl (C=O) groups excluding carboxylic acids is 1. The zero-order chi connectivity index (χ0) is 20.9. The minimum absolute atomic E-state index is 0.205. The van der Waals surface area contributed by atoms with Gasteiger partial charge in [-0.2, -0.15) is 0 Å². The van der Waals surface area contributed by atoms with Crippen LogP contribution < -0.4 is 15.4 Å². The molecule has 4 rings (SSSR count). The fourth-order valence-electron chi connectivity index (χ4n) is 3.23. The number of nitrogens with one attached hydrogen (secondary N) is 2. The number of nitrogens with zero attached hydrogens (tertiary/aromatic N) is 3. The molecule has 1 aliphatic heterocycles. The monoisotopic (exact) mass is 403 g/mol. The molecule has 2 amide bonds. The number of amides is 2. The third-order valence-electron chi connectivity index (χ3n) is 4.79. The van der Waals surface area contributed by atoms with Crippen molar-refractivity contribution in [2.75, 3.05) is 44.0 Å². The number of anilines is 3. The number of hydrogen-bond acceptors (Lipinski definition) is 6. The van der Waals surface area contributed by atoms with E-state index in [1.54, 1.807) is 24.1 Å². The molecule has 0 bridgehead atoms. The highest BCUT2D eigenvalue weighted by Crippen LogP contribution is 2.33. The first kappa shape index (κ1) is 19.5. The Bertz CT molecular complexity index is 1120. The number of ether oxygens (including phenoxy) is 2. The molecule has 1 aliphatic rings. The van der Waals surface area contributed by atoms with Gasteiger partial charge in [0.25, 0.3) is 0 Å². The molecule has 3 aromatic rings. The standard InChI is InChI=1S/C22H21N5O3/c1-3-15-5-4-6-16(11-15)25-21-17-12-19(20(29-2)13-18(17)23-14-24-21)26-22(28)27-7-9-30-10-8-27/h1,4-6,11-14H,7-10H2,2H3,(H,26,28)(H,23,24,25). The Morgan fingerprint density at radius 1 is 1.23 bits per heavy atom. The second kappa shape index (κ2) is 8.68. The fourth-order valence-corrected chi connectivity index (χ4v) is 3.23. The summed E-state index contributed by atoms with van der Waals surface area (Å²) >= 11 is 0. The van der Waals surface area contributed by atoms with Crippen LogP contribution in [0.1, 0.15) is 5.56 Å². The molecular weight excluding hydrogens is 382 g/mol. The topological polar surface area (TPSA) is 88.6 Å². The van der Waals surface area contributed by atoms with Gasteiger partial charge in [0.05, 0.1) is 31.5 Å². The van der Waals surface area contributed by atoms with Gasteiger partial charge in [-0.05, 0) is 24.3 Å². The number of rotatable bonds is 4. The van der Waals surface area contributed by atoms with Gasteiger partial charge in [0.1, 0.15) is 17.9 Å². The molecule has 0 aliphatic carbocycles. The summed E-state index contributed by atoms with van der Waals surface area (Å²) in [6.45, 7) is 2.15. The summed E-state index contributed by atoms with van der Waals surface area (Å²) in [5.74, 6) is 3.73. The van der Waals surface area contributed by atoms with Crippen LogP contribution >= 0.6 is 0 Å². The SMILES string of the molecule is C#Cc1cccc(Nc2ncnc3cc(OC)c(NC(=O)N4CCOCC4)cc23)c1. The lowest BCUT2D eigenvalue weighted by molar-refractivity contribution is 0.0564. The van der Waals surface area contributed by atoms with E-state index in [2.05, 4.69) is 26.5 Å². The second-order valence-corrected chi connectivity index (χ2v) is 6.67. The average Bonchev–Trinajstić information content (AvgIpc) is 2.79. The first-order valence-corrected chi connectivity index (χ1v) is 9.48. The van der Waals surface area contributed by atoms with Crippen LogP contribution in [0.3, 0.4) is 0 Å². The van der Waals surface area contributed by atoms with Crippen molar-refractivity contribution < 1.29 is 14.3 Å². The number of methoxy groups -OCH3 is 1. The van der Waals surface area contributed by atoms with Gasteiger partial charge < -0.3 is 25.0 Å². The molecule has 0 saturated carbocycles. The van der Waals surface area contributed by atoms with Crippen LogP contribution in [0.25, 0.3) is 10.9 Å². The highest BCUT2D eigenvalue weighted by atomic mass is 16.5. The van der Waals surface area contributed by atoms with Crippen LogP contribution in [-0.2, 0) is 4.74 Å². The molecule has 8 heteroatoms. The van der Waals surface area contributed by atoms with Crippen LogP contribution in [0, 0.1) is 12.3 Å². The van der Waals surface area contributed by atoms with Gasteiger partial charge in [-0.1, -0.05) is 12.0 Å². The summed E-state index contributed by atoms with van der Waals surface area (Å²) < 4.78 is 10.8. The molecule has 2 heterocycles. The molecule has 152 valence electrons. The van der Waals surface area contributed by atoms with E-state index in [1.807, 2.05) is 24.3 Å². The number of carbonyl (C=O) groups is 1. The molecule has 1 fully saturated rings. The van der Waals surface area contributed by atoms with Gasteiger partial charge >= 0.3 is 6.03 Å². The zero-order valence-corrected chi connectivity index (χ0v) is 16.5. The highest BCUT2D eigenvalue weighted by Gasteiger charge is 2.19. The lowest BCUT2D eigenvalue weighted by Crippen LogP contribution is -2.43. The van der Waals surface area contributed by atoms with E-state index in [4.69, 9.17) is 15.9 Å². The van der Waals surface area contributed by atoms with E-state index >= 15 is 0 Å². The van der Waals surface area contributed by atoms with Crippen LogP contribution in [0.4, 0.5) is 22.0 Å². The van der Waals surface area contributed by atoms with Gasteiger partial charge in [0, 0.05) is 35.8 Å². The maximum absolute atomic E-state index is 12.7. The molecule has 2 aromatic carbocycles. The zero-order valence-electron chi connectivity index (χ0n) is 16.5. The second-order valence-electron chi connectivity index (χ2n) is 6.67. The van der Waals surface area contributed by atoms with Gasteiger partial charge in [-0.25, -0.2) is 14.8 Å². The number of urea groups is 1. The van der Waals surface area contributed by atoms with Crippen LogP contribution in [0.2, 0.25) is 0 Å². The average molecular weight is 403 g/mol. The molecule has 2 N–H and O–H groups in total. The lowest BCUT2D eigenvalue weighted by atomic mass is 10.1. The highest BCUT2D eigenvalue weighted by molar-refractivity contribution is 5.99. The number of benzene rings is 2. The van der Waals surface area contributed by atoms with E-state index in [9.17, 15) is 4.79 Å². The summed E-state index contributed by atoms with van der Waals surface area (Å²) in [6.07, 6.45) is 6.97. The number of aromatic nitrogens is 2.